The maximum absolute atomic E-state index is 13.0. The van der Waals surface area contributed by atoms with E-state index in [-0.39, 0.29) is 16.8 Å². The van der Waals surface area contributed by atoms with Gasteiger partial charge < -0.3 is 4.57 Å². The van der Waals surface area contributed by atoms with E-state index in [1.807, 2.05) is 28.8 Å². The van der Waals surface area contributed by atoms with Gasteiger partial charge in [0.1, 0.15) is 0 Å². The molecule has 0 amide bonds. The quantitative estimate of drug-likeness (QED) is 0.631. The van der Waals surface area contributed by atoms with Crippen LogP contribution in [-0.4, -0.2) is 32.6 Å². The number of nitrogens with zero attached hydrogens (tertiary/aromatic N) is 3. The molecule has 156 valence electrons. The monoisotopic (exact) mass is 413 g/mol. The molecule has 5 heteroatoms. The minimum atomic E-state index is -0.118. The predicted molar refractivity (Wildman–Crippen MR) is 119 cm³/mol. The molecule has 1 unspecified atom stereocenters. The molecule has 2 bridgehead atoms. The van der Waals surface area contributed by atoms with E-state index in [4.69, 9.17) is 11.6 Å². The summed E-state index contributed by atoms with van der Waals surface area (Å²) in [5, 5.41) is 0.108. The fraction of sp³-hybridized carbons (Fsp3) is 0.667. The third-order valence-electron chi connectivity index (χ3n) is 7.62. The molecular weight excluding hydrogens is 382 g/mol. The molecule has 1 aliphatic carbocycles. The van der Waals surface area contributed by atoms with Crippen molar-refractivity contribution in [2.75, 3.05) is 0 Å². The summed E-state index contributed by atoms with van der Waals surface area (Å²) >= 11 is 6.26. The van der Waals surface area contributed by atoms with E-state index in [0.717, 1.165) is 29.9 Å². The Bertz CT molecular complexity index is 904. The topological polar surface area (TPSA) is 38.1 Å². The van der Waals surface area contributed by atoms with Crippen LogP contribution < -0.4 is 5.56 Å². The van der Waals surface area contributed by atoms with Crippen LogP contribution in [0.3, 0.4) is 0 Å². The molecule has 3 atom stereocenters. The Morgan fingerprint density at radius 3 is 2.14 bits per heavy atom. The van der Waals surface area contributed by atoms with Gasteiger partial charge in [-0.05, 0) is 50.7 Å². The number of aromatic nitrogens is 2. The van der Waals surface area contributed by atoms with Gasteiger partial charge in [-0.15, -0.1) is 0 Å². The largest absolute Gasteiger partial charge is 0.301 e. The summed E-state index contributed by atoms with van der Waals surface area (Å²) in [5.41, 5.74) is 1.64. The first-order chi connectivity index (χ1) is 14.2. The lowest BCUT2D eigenvalue weighted by molar-refractivity contribution is -0.0246. The van der Waals surface area contributed by atoms with Crippen molar-refractivity contribution in [3.8, 4) is 0 Å². The maximum atomic E-state index is 13.0. The smallest absolute Gasteiger partial charge is 0.288 e. The number of para-hydroxylation sites is 2. The lowest BCUT2D eigenvalue weighted by Gasteiger charge is -2.53. The second kappa shape index (κ2) is 8.39. The van der Waals surface area contributed by atoms with Gasteiger partial charge in [0.2, 0.25) is 0 Å². The standard InChI is InChI=1S/C24H32ClN3O/c25-23-24(29)28(22-14-7-6-13-21(22)26-23)20-15-18-11-8-12-19(16-20)27(18)17-9-4-2-1-3-5-10-17/h6-7,13-14,17-20H,1-5,8-12,15-16H2/t18-,19+,20?. The summed E-state index contributed by atoms with van der Waals surface area (Å²) in [4.78, 5) is 20.3. The van der Waals surface area contributed by atoms with Crippen molar-refractivity contribution >= 4 is 22.6 Å². The molecule has 4 nitrogen and oxygen atoms in total. The predicted octanol–water partition coefficient (Wildman–Crippen LogP) is 5.72. The molecule has 3 aliphatic rings. The molecule has 3 fully saturated rings. The number of hydrogen-bond acceptors (Lipinski definition) is 3. The lowest BCUT2D eigenvalue weighted by Crippen LogP contribution is -2.57. The Kier molecular flexibility index (Phi) is 5.66. The van der Waals surface area contributed by atoms with Crippen LogP contribution in [0.15, 0.2) is 29.1 Å². The highest BCUT2D eigenvalue weighted by Gasteiger charge is 2.42. The summed E-state index contributed by atoms with van der Waals surface area (Å²) < 4.78 is 1.98. The molecule has 1 saturated carbocycles. The molecule has 29 heavy (non-hydrogen) atoms. The SMILES string of the molecule is O=c1c(Cl)nc2ccccc2n1C1C[C@H]2CCC[C@@H](C1)N2C1CCCCCCC1. The van der Waals surface area contributed by atoms with E-state index in [0.29, 0.717) is 12.1 Å². The van der Waals surface area contributed by atoms with Gasteiger partial charge >= 0.3 is 0 Å². The Balaban J connectivity index is 1.47. The second-order valence-corrected chi connectivity index (χ2v) is 9.73. The van der Waals surface area contributed by atoms with Crippen molar-refractivity contribution in [3.63, 3.8) is 0 Å². The van der Waals surface area contributed by atoms with E-state index in [1.165, 1.54) is 64.2 Å². The third-order valence-corrected chi connectivity index (χ3v) is 7.87. The van der Waals surface area contributed by atoms with Crippen molar-refractivity contribution in [3.05, 3.63) is 39.8 Å². The van der Waals surface area contributed by atoms with E-state index in [1.54, 1.807) is 0 Å². The molecule has 2 aliphatic heterocycles. The molecule has 2 saturated heterocycles. The van der Waals surface area contributed by atoms with Gasteiger partial charge in [-0.1, -0.05) is 62.3 Å². The average molecular weight is 414 g/mol. The molecule has 0 spiro atoms. The van der Waals surface area contributed by atoms with Crippen LogP contribution in [0.5, 0.6) is 0 Å². The van der Waals surface area contributed by atoms with E-state index >= 15 is 0 Å². The van der Waals surface area contributed by atoms with Crippen molar-refractivity contribution in [1.82, 2.24) is 14.5 Å². The lowest BCUT2D eigenvalue weighted by atomic mass is 9.79. The van der Waals surface area contributed by atoms with Crippen LogP contribution in [0.1, 0.15) is 83.1 Å². The first kappa shape index (κ1) is 19.6. The third kappa shape index (κ3) is 3.74. The van der Waals surface area contributed by atoms with Gasteiger partial charge in [-0.25, -0.2) is 4.98 Å². The molecule has 0 radical (unpaired) electrons. The van der Waals surface area contributed by atoms with Crippen LogP contribution in [0.2, 0.25) is 5.15 Å². The van der Waals surface area contributed by atoms with E-state index in [9.17, 15) is 4.79 Å². The first-order valence-electron chi connectivity index (χ1n) is 11.7. The minimum Gasteiger partial charge on any atom is -0.301 e. The summed E-state index contributed by atoms with van der Waals surface area (Å²) in [7, 11) is 0. The zero-order chi connectivity index (χ0) is 19.8. The van der Waals surface area contributed by atoms with Gasteiger partial charge in [-0.3, -0.25) is 9.69 Å². The van der Waals surface area contributed by atoms with Gasteiger partial charge in [0.05, 0.1) is 11.0 Å². The molecule has 0 N–H and O–H groups in total. The van der Waals surface area contributed by atoms with Crippen LogP contribution in [0, 0.1) is 0 Å². The molecule has 1 aromatic heterocycles. The van der Waals surface area contributed by atoms with Crippen LogP contribution in [0.25, 0.3) is 11.0 Å². The van der Waals surface area contributed by atoms with Crippen molar-refractivity contribution < 1.29 is 0 Å². The number of benzene rings is 1. The summed E-state index contributed by atoms with van der Waals surface area (Å²) in [6.07, 6.45) is 15.7. The zero-order valence-corrected chi connectivity index (χ0v) is 18.0. The zero-order valence-electron chi connectivity index (χ0n) is 17.2. The van der Waals surface area contributed by atoms with Gasteiger partial charge in [0, 0.05) is 24.2 Å². The average Bonchev–Trinajstić information content (AvgIpc) is 2.68. The normalized spacial score (nSPS) is 29.5. The minimum absolute atomic E-state index is 0.108. The van der Waals surface area contributed by atoms with Crippen LogP contribution in [-0.2, 0) is 0 Å². The molecule has 1 aromatic carbocycles. The van der Waals surface area contributed by atoms with Gasteiger partial charge in [0.15, 0.2) is 5.15 Å². The molecule has 5 rings (SSSR count). The summed E-state index contributed by atoms with van der Waals surface area (Å²) in [5.74, 6) is 0. The Morgan fingerprint density at radius 1 is 0.793 bits per heavy atom. The molecule has 2 aromatic rings. The maximum Gasteiger partial charge on any atom is 0.288 e. The number of piperidine rings is 2. The summed E-state index contributed by atoms with van der Waals surface area (Å²) in [6.45, 7) is 0. The van der Waals surface area contributed by atoms with E-state index in [2.05, 4.69) is 9.88 Å². The van der Waals surface area contributed by atoms with Crippen molar-refractivity contribution in [2.24, 2.45) is 0 Å². The Hall–Kier alpha value is -1.39. The van der Waals surface area contributed by atoms with E-state index < -0.39 is 0 Å². The van der Waals surface area contributed by atoms with Gasteiger partial charge in [-0.2, -0.15) is 0 Å². The van der Waals surface area contributed by atoms with Crippen molar-refractivity contribution in [2.45, 2.75) is 101 Å². The fourth-order valence-electron chi connectivity index (χ4n) is 6.42. The Morgan fingerprint density at radius 2 is 1.41 bits per heavy atom. The highest BCUT2D eigenvalue weighted by atomic mass is 35.5. The Labute approximate surface area is 178 Å². The highest BCUT2D eigenvalue weighted by molar-refractivity contribution is 6.29. The van der Waals surface area contributed by atoms with Crippen molar-refractivity contribution in [1.29, 1.82) is 0 Å². The number of hydrogen-bond donors (Lipinski definition) is 0. The molecular formula is C24H32ClN3O. The number of halogens is 1. The fourth-order valence-corrected chi connectivity index (χ4v) is 6.60. The first-order valence-corrected chi connectivity index (χ1v) is 12.0. The molecule has 3 heterocycles. The summed E-state index contributed by atoms with van der Waals surface area (Å²) in [6, 6.07) is 10.1. The number of fused-ring (bicyclic) bond motifs is 3. The number of rotatable bonds is 2. The highest BCUT2D eigenvalue weighted by Crippen LogP contribution is 2.42. The second-order valence-electron chi connectivity index (χ2n) is 9.38. The van der Waals surface area contributed by atoms with Crippen LogP contribution >= 0.6 is 11.6 Å². The van der Waals surface area contributed by atoms with Crippen LogP contribution in [0.4, 0.5) is 0 Å². The van der Waals surface area contributed by atoms with Gasteiger partial charge in [0.25, 0.3) is 5.56 Å².